The van der Waals surface area contributed by atoms with Crippen molar-refractivity contribution in [1.29, 1.82) is 0 Å². The van der Waals surface area contributed by atoms with Gasteiger partial charge in [0, 0.05) is 5.54 Å². The third kappa shape index (κ3) is 1.46. The van der Waals surface area contributed by atoms with Crippen molar-refractivity contribution in [3.63, 3.8) is 0 Å². The van der Waals surface area contributed by atoms with Crippen LogP contribution >= 0.6 is 0 Å². The van der Waals surface area contributed by atoms with Crippen LogP contribution in [0, 0.1) is 0 Å². The van der Waals surface area contributed by atoms with E-state index in [2.05, 4.69) is 19.2 Å². The van der Waals surface area contributed by atoms with E-state index < -0.39 is 0 Å². The summed E-state index contributed by atoms with van der Waals surface area (Å²) in [6, 6.07) is 0. The molecule has 1 aliphatic heterocycles. The van der Waals surface area contributed by atoms with Crippen molar-refractivity contribution in [2.24, 2.45) is 0 Å². The lowest BCUT2D eigenvalue weighted by Gasteiger charge is -2.30. The predicted molar refractivity (Wildman–Crippen MR) is 32.7 cm³/mol. The molecule has 1 fully saturated rings. The van der Waals surface area contributed by atoms with E-state index in [-0.39, 0.29) is 0 Å². The van der Waals surface area contributed by atoms with E-state index in [0.29, 0.717) is 12.3 Å². The van der Waals surface area contributed by atoms with E-state index >= 15 is 0 Å². The van der Waals surface area contributed by atoms with Crippen molar-refractivity contribution in [1.82, 2.24) is 5.32 Å². The lowest BCUT2D eigenvalue weighted by atomic mass is 10.0. The largest absolute Gasteiger partial charge is 0.366 e. The Bertz CT molecular complexity index is 72.6. The lowest BCUT2D eigenvalue weighted by molar-refractivity contribution is 0.0359. The van der Waals surface area contributed by atoms with Gasteiger partial charge < -0.3 is 4.74 Å². The first-order chi connectivity index (χ1) is 3.71. The average Bonchev–Trinajstić information content (AvgIpc) is 1.65. The topological polar surface area (TPSA) is 21.3 Å². The van der Waals surface area contributed by atoms with Gasteiger partial charge in [0.15, 0.2) is 0 Å². The van der Waals surface area contributed by atoms with Gasteiger partial charge in [-0.1, -0.05) is 0 Å². The van der Waals surface area contributed by atoms with Gasteiger partial charge >= 0.3 is 0 Å². The highest BCUT2D eigenvalue weighted by molar-refractivity contribution is 4.77. The first-order valence-corrected chi connectivity index (χ1v) is 3.03. The van der Waals surface area contributed by atoms with E-state index in [1.807, 2.05) is 0 Å². The van der Waals surface area contributed by atoms with Crippen LogP contribution in [0.1, 0.15) is 20.3 Å². The van der Waals surface area contributed by atoms with Gasteiger partial charge in [-0.05, 0) is 20.3 Å². The smallest absolute Gasteiger partial charge is 0.0969 e. The Hall–Kier alpha value is -0.0800. The normalized spacial score (nSPS) is 27.8. The first-order valence-electron chi connectivity index (χ1n) is 3.03. The van der Waals surface area contributed by atoms with Crippen LogP contribution in [0.25, 0.3) is 0 Å². The molecule has 1 aliphatic rings. The Kier molecular flexibility index (Phi) is 1.54. The molecule has 0 unspecified atom stereocenters. The summed E-state index contributed by atoms with van der Waals surface area (Å²) in [5.41, 5.74) is 0.304. The van der Waals surface area contributed by atoms with Crippen LogP contribution < -0.4 is 5.32 Å². The highest BCUT2D eigenvalue weighted by atomic mass is 16.5. The third-order valence-corrected chi connectivity index (χ3v) is 1.52. The standard InChI is InChI=1S/C6H13NO/c1-6(2)3-4-8-5-7-6/h7H,3-5H2,1-2H3. The summed E-state index contributed by atoms with van der Waals surface area (Å²) in [6.07, 6.45) is 1.12. The minimum absolute atomic E-state index is 0.304. The molecule has 0 spiro atoms. The third-order valence-electron chi connectivity index (χ3n) is 1.52. The van der Waals surface area contributed by atoms with Crippen molar-refractivity contribution in [3.05, 3.63) is 0 Å². The van der Waals surface area contributed by atoms with E-state index in [1.165, 1.54) is 0 Å². The molecular weight excluding hydrogens is 102 g/mol. The minimum Gasteiger partial charge on any atom is -0.366 e. The van der Waals surface area contributed by atoms with Gasteiger partial charge in [-0.25, -0.2) is 0 Å². The summed E-state index contributed by atoms with van der Waals surface area (Å²) in [7, 11) is 0. The van der Waals surface area contributed by atoms with Crippen LogP contribution in [0.2, 0.25) is 0 Å². The zero-order chi connectivity index (χ0) is 6.04. The van der Waals surface area contributed by atoms with Gasteiger partial charge in [0.25, 0.3) is 0 Å². The van der Waals surface area contributed by atoms with Crippen LogP contribution in [0.5, 0.6) is 0 Å². The van der Waals surface area contributed by atoms with Gasteiger partial charge in [-0.15, -0.1) is 0 Å². The summed E-state index contributed by atoms with van der Waals surface area (Å²) in [5.74, 6) is 0. The maximum Gasteiger partial charge on any atom is 0.0969 e. The second-order valence-electron chi connectivity index (χ2n) is 2.86. The van der Waals surface area contributed by atoms with Crippen molar-refractivity contribution in [2.75, 3.05) is 13.3 Å². The molecule has 8 heavy (non-hydrogen) atoms. The molecule has 0 atom stereocenters. The van der Waals surface area contributed by atoms with Crippen LogP contribution in [-0.4, -0.2) is 18.9 Å². The fourth-order valence-corrected chi connectivity index (χ4v) is 0.734. The molecule has 2 heteroatoms. The molecule has 0 bridgehead atoms. The van der Waals surface area contributed by atoms with Crippen molar-refractivity contribution < 1.29 is 4.74 Å². The summed E-state index contributed by atoms with van der Waals surface area (Å²) in [4.78, 5) is 0. The Morgan fingerprint density at radius 3 is 2.50 bits per heavy atom. The van der Waals surface area contributed by atoms with Gasteiger partial charge in [0.05, 0.1) is 13.3 Å². The molecule has 1 heterocycles. The fourth-order valence-electron chi connectivity index (χ4n) is 0.734. The highest BCUT2D eigenvalue weighted by Gasteiger charge is 2.19. The average molecular weight is 115 g/mol. The number of nitrogens with one attached hydrogen (secondary N) is 1. The molecular formula is C6H13NO. The predicted octanol–water partition coefficient (Wildman–Crippen LogP) is 0.732. The van der Waals surface area contributed by atoms with Gasteiger partial charge in [0.2, 0.25) is 0 Å². The van der Waals surface area contributed by atoms with Crippen LogP contribution in [0.15, 0.2) is 0 Å². The molecule has 0 amide bonds. The molecule has 1 N–H and O–H groups in total. The van der Waals surface area contributed by atoms with Crippen LogP contribution in [0.3, 0.4) is 0 Å². The lowest BCUT2D eigenvalue weighted by Crippen LogP contribution is -2.45. The molecule has 1 rings (SSSR count). The van der Waals surface area contributed by atoms with Crippen LogP contribution in [0.4, 0.5) is 0 Å². The molecule has 0 aromatic rings. The second kappa shape index (κ2) is 2.03. The maximum atomic E-state index is 5.09. The monoisotopic (exact) mass is 115 g/mol. The first kappa shape index (κ1) is 6.05. The summed E-state index contributed by atoms with van der Waals surface area (Å²) >= 11 is 0. The molecule has 1 saturated heterocycles. The van der Waals surface area contributed by atoms with Crippen molar-refractivity contribution in [2.45, 2.75) is 25.8 Å². The number of ether oxygens (including phenoxy) is 1. The van der Waals surface area contributed by atoms with E-state index in [1.54, 1.807) is 0 Å². The SMILES string of the molecule is CC1(C)CCOCN1. The van der Waals surface area contributed by atoms with E-state index in [4.69, 9.17) is 4.74 Å². The summed E-state index contributed by atoms with van der Waals surface area (Å²) < 4.78 is 5.09. The Morgan fingerprint density at radius 2 is 2.25 bits per heavy atom. The van der Waals surface area contributed by atoms with Crippen molar-refractivity contribution >= 4 is 0 Å². The Morgan fingerprint density at radius 1 is 1.50 bits per heavy atom. The molecule has 0 aromatic heterocycles. The number of hydrogen-bond acceptors (Lipinski definition) is 2. The summed E-state index contributed by atoms with van der Waals surface area (Å²) in [5, 5.41) is 3.24. The van der Waals surface area contributed by atoms with Gasteiger partial charge in [0.1, 0.15) is 0 Å². The zero-order valence-corrected chi connectivity index (χ0v) is 5.53. The zero-order valence-electron chi connectivity index (χ0n) is 5.53. The van der Waals surface area contributed by atoms with Crippen LogP contribution in [-0.2, 0) is 4.74 Å². The number of rotatable bonds is 0. The molecule has 0 saturated carbocycles. The van der Waals surface area contributed by atoms with E-state index in [0.717, 1.165) is 13.0 Å². The van der Waals surface area contributed by atoms with E-state index in [9.17, 15) is 0 Å². The van der Waals surface area contributed by atoms with Crippen molar-refractivity contribution in [3.8, 4) is 0 Å². The quantitative estimate of drug-likeness (QED) is 0.502. The number of hydrogen-bond donors (Lipinski definition) is 1. The Labute approximate surface area is 50.2 Å². The minimum atomic E-state index is 0.304. The molecule has 0 aliphatic carbocycles. The molecule has 2 nitrogen and oxygen atoms in total. The molecule has 0 radical (unpaired) electrons. The fraction of sp³-hybridized carbons (Fsp3) is 1.00. The highest BCUT2D eigenvalue weighted by Crippen LogP contribution is 2.10. The second-order valence-corrected chi connectivity index (χ2v) is 2.86. The molecule has 0 aromatic carbocycles. The van der Waals surface area contributed by atoms with Gasteiger partial charge in [-0.2, -0.15) is 0 Å². The Balaban J connectivity index is 2.33. The van der Waals surface area contributed by atoms with Gasteiger partial charge in [-0.3, -0.25) is 5.32 Å². The summed E-state index contributed by atoms with van der Waals surface area (Å²) in [6.45, 7) is 6.00. The molecule has 48 valence electrons. The maximum absolute atomic E-state index is 5.09.